The third-order valence-electron chi connectivity index (χ3n) is 4.75. The summed E-state index contributed by atoms with van der Waals surface area (Å²) in [5.41, 5.74) is 0.753. The maximum atomic E-state index is 12.3. The second-order valence-electron chi connectivity index (χ2n) is 6.97. The molecule has 5 heteroatoms. The van der Waals surface area contributed by atoms with Crippen molar-refractivity contribution in [3.8, 4) is 0 Å². The van der Waals surface area contributed by atoms with E-state index in [0.29, 0.717) is 37.3 Å². The topological polar surface area (TPSA) is 66.4 Å². The standard InChI is InChI=1S/C18H24ClNO3/c1-18(2,14-5-3-4-6-15(14)19)11-20-16(21)12-7-9-13(10-8-12)17(22)23/h3-6,12-13H,7-11H2,1-2H3,(H,20,21)(H,22,23). The Labute approximate surface area is 142 Å². The molecule has 0 aromatic heterocycles. The molecule has 1 amide bonds. The van der Waals surface area contributed by atoms with Gasteiger partial charge in [-0.1, -0.05) is 43.6 Å². The first kappa shape index (κ1) is 17.8. The molecule has 4 nitrogen and oxygen atoms in total. The summed E-state index contributed by atoms with van der Waals surface area (Å²) < 4.78 is 0. The molecule has 0 bridgehead atoms. The lowest BCUT2D eigenvalue weighted by Crippen LogP contribution is -2.41. The van der Waals surface area contributed by atoms with E-state index in [2.05, 4.69) is 19.2 Å². The van der Waals surface area contributed by atoms with Gasteiger partial charge in [-0.25, -0.2) is 0 Å². The average Bonchev–Trinajstić information content (AvgIpc) is 2.53. The Hall–Kier alpha value is -1.55. The van der Waals surface area contributed by atoms with Gasteiger partial charge < -0.3 is 10.4 Å². The molecule has 1 aliphatic rings. The number of rotatable bonds is 5. The Morgan fingerprint density at radius 3 is 2.30 bits per heavy atom. The third kappa shape index (κ3) is 4.47. The highest BCUT2D eigenvalue weighted by molar-refractivity contribution is 6.31. The summed E-state index contributed by atoms with van der Waals surface area (Å²) in [6.07, 6.45) is 2.47. The van der Waals surface area contributed by atoms with Gasteiger partial charge in [-0.05, 0) is 37.3 Å². The molecule has 1 aromatic carbocycles. The fraction of sp³-hybridized carbons (Fsp3) is 0.556. The first-order chi connectivity index (χ1) is 10.8. The second-order valence-corrected chi connectivity index (χ2v) is 7.38. The van der Waals surface area contributed by atoms with Crippen molar-refractivity contribution in [3.05, 3.63) is 34.9 Å². The van der Waals surface area contributed by atoms with Crippen LogP contribution in [0, 0.1) is 11.8 Å². The van der Waals surface area contributed by atoms with E-state index in [0.717, 1.165) is 5.56 Å². The minimum Gasteiger partial charge on any atom is -0.481 e. The van der Waals surface area contributed by atoms with E-state index >= 15 is 0 Å². The van der Waals surface area contributed by atoms with Crippen LogP contribution in [0.4, 0.5) is 0 Å². The fourth-order valence-electron chi connectivity index (χ4n) is 3.16. The van der Waals surface area contributed by atoms with Gasteiger partial charge in [0.15, 0.2) is 0 Å². The quantitative estimate of drug-likeness (QED) is 0.862. The molecule has 1 saturated carbocycles. The van der Waals surface area contributed by atoms with Crippen LogP contribution in [0.1, 0.15) is 45.1 Å². The maximum absolute atomic E-state index is 12.3. The van der Waals surface area contributed by atoms with Crippen molar-refractivity contribution in [2.75, 3.05) is 6.54 Å². The van der Waals surface area contributed by atoms with Gasteiger partial charge in [0, 0.05) is 22.9 Å². The van der Waals surface area contributed by atoms with Crippen LogP contribution in [0.2, 0.25) is 5.02 Å². The lowest BCUT2D eigenvalue weighted by atomic mass is 9.81. The third-order valence-corrected chi connectivity index (χ3v) is 5.08. The van der Waals surface area contributed by atoms with E-state index in [1.54, 1.807) is 0 Å². The van der Waals surface area contributed by atoms with Gasteiger partial charge in [0.1, 0.15) is 0 Å². The maximum Gasteiger partial charge on any atom is 0.306 e. The monoisotopic (exact) mass is 337 g/mol. The molecule has 0 heterocycles. The van der Waals surface area contributed by atoms with Crippen molar-refractivity contribution < 1.29 is 14.7 Å². The average molecular weight is 338 g/mol. The van der Waals surface area contributed by atoms with Crippen molar-refractivity contribution in [1.29, 1.82) is 0 Å². The largest absolute Gasteiger partial charge is 0.481 e. The number of hydrogen-bond donors (Lipinski definition) is 2. The summed E-state index contributed by atoms with van der Waals surface area (Å²) in [5, 5.41) is 12.7. The van der Waals surface area contributed by atoms with E-state index in [-0.39, 0.29) is 23.2 Å². The minimum atomic E-state index is -0.747. The number of halogens is 1. The van der Waals surface area contributed by atoms with Crippen LogP contribution < -0.4 is 5.32 Å². The fourth-order valence-corrected chi connectivity index (χ4v) is 3.55. The highest BCUT2D eigenvalue weighted by Gasteiger charge is 2.31. The first-order valence-corrected chi connectivity index (χ1v) is 8.44. The Morgan fingerprint density at radius 1 is 1.17 bits per heavy atom. The molecule has 23 heavy (non-hydrogen) atoms. The molecule has 1 aliphatic carbocycles. The zero-order valence-electron chi connectivity index (χ0n) is 13.6. The van der Waals surface area contributed by atoms with Gasteiger partial charge in [-0.3, -0.25) is 9.59 Å². The van der Waals surface area contributed by atoms with Crippen LogP contribution in [-0.4, -0.2) is 23.5 Å². The second kappa shape index (κ2) is 7.35. The number of amides is 1. The first-order valence-electron chi connectivity index (χ1n) is 8.07. The predicted octanol–water partition coefficient (Wildman–Crippen LogP) is 3.62. The number of benzene rings is 1. The van der Waals surface area contributed by atoms with Gasteiger partial charge in [-0.15, -0.1) is 0 Å². The van der Waals surface area contributed by atoms with Crippen molar-refractivity contribution in [3.63, 3.8) is 0 Å². The Kier molecular flexibility index (Phi) is 5.69. The Bertz CT molecular complexity index is 577. The van der Waals surface area contributed by atoms with E-state index < -0.39 is 5.97 Å². The summed E-state index contributed by atoms with van der Waals surface area (Å²) >= 11 is 6.25. The van der Waals surface area contributed by atoms with Crippen LogP contribution in [0.3, 0.4) is 0 Å². The number of hydrogen-bond acceptors (Lipinski definition) is 2. The van der Waals surface area contributed by atoms with Gasteiger partial charge in [0.05, 0.1) is 5.92 Å². The number of carboxylic acid groups (broad SMARTS) is 1. The highest BCUT2D eigenvalue weighted by Crippen LogP contribution is 2.31. The minimum absolute atomic E-state index is 0.0222. The lowest BCUT2D eigenvalue weighted by Gasteiger charge is -2.29. The van der Waals surface area contributed by atoms with Crippen LogP contribution in [0.25, 0.3) is 0 Å². The van der Waals surface area contributed by atoms with Crippen LogP contribution in [0.15, 0.2) is 24.3 Å². The molecule has 0 unspecified atom stereocenters. The molecule has 0 saturated heterocycles. The predicted molar refractivity (Wildman–Crippen MR) is 90.6 cm³/mol. The van der Waals surface area contributed by atoms with Crippen molar-refractivity contribution >= 4 is 23.5 Å². The van der Waals surface area contributed by atoms with Gasteiger partial charge in [0.2, 0.25) is 5.91 Å². The summed E-state index contributed by atoms with van der Waals surface area (Å²) in [4.78, 5) is 23.3. The molecule has 126 valence electrons. The summed E-state index contributed by atoms with van der Waals surface area (Å²) in [7, 11) is 0. The van der Waals surface area contributed by atoms with E-state index in [9.17, 15) is 9.59 Å². The zero-order chi connectivity index (χ0) is 17.0. The van der Waals surface area contributed by atoms with Crippen molar-refractivity contribution in [2.45, 2.75) is 44.9 Å². The smallest absolute Gasteiger partial charge is 0.306 e. The van der Waals surface area contributed by atoms with Gasteiger partial charge in [0.25, 0.3) is 0 Å². The van der Waals surface area contributed by atoms with Crippen molar-refractivity contribution in [1.82, 2.24) is 5.32 Å². The SMILES string of the molecule is CC(C)(CNC(=O)C1CCC(C(=O)O)CC1)c1ccccc1Cl. The zero-order valence-corrected chi connectivity index (χ0v) is 14.4. The molecule has 0 radical (unpaired) electrons. The number of carbonyl (C=O) groups is 2. The molecule has 0 atom stereocenters. The van der Waals surface area contributed by atoms with Gasteiger partial charge in [-0.2, -0.15) is 0 Å². The molecule has 1 fully saturated rings. The van der Waals surface area contributed by atoms with Gasteiger partial charge >= 0.3 is 5.97 Å². The number of carbonyl (C=O) groups excluding carboxylic acids is 1. The molecule has 2 N–H and O–H groups in total. The van der Waals surface area contributed by atoms with Crippen LogP contribution in [-0.2, 0) is 15.0 Å². The normalized spacial score (nSPS) is 21.7. The molecule has 2 rings (SSSR count). The Balaban J connectivity index is 1.89. The lowest BCUT2D eigenvalue weighted by molar-refractivity contribution is -0.144. The molecule has 0 aliphatic heterocycles. The van der Waals surface area contributed by atoms with Crippen LogP contribution >= 0.6 is 11.6 Å². The Morgan fingerprint density at radius 2 is 1.74 bits per heavy atom. The van der Waals surface area contributed by atoms with Crippen molar-refractivity contribution in [2.24, 2.45) is 11.8 Å². The highest BCUT2D eigenvalue weighted by atomic mass is 35.5. The molecule has 1 aromatic rings. The summed E-state index contributed by atoms with van der Waals surface area (Å²) in [6, 6.07) is 7.67. The summed E-state index contributed by atoms with van der Waals surface area (Å²) in [6.45, 7) is 4.61. The van der Waals surface area contributed by atoms with E-state index in [4.69, 9.17) is 16.7 Å². The molecule has 0 spiro atoms. The number of carboxylic acids is 1. The number of aliphatic carboxylic acids is 1. The molecular formula is C18H24ClNO3. The van der Waals surface area contributed by atoms with E-state index in [1.165, 1.54) is 0 Å². The number of nitrogens with one attached hydrogen (secondary N) is 1. The molecular weight excluding hydrogens is 314 g/mol. The summed E-state index contributed by atoms with van der Waals surface area (Å²) in [5.74, 6) is -1.09. The van der Waals surface area contributed by atoms with Crippen LogP contribution in [0.5, 0.6) is 0 Å². The van der Waals surface area contributed by atoms with E-state index in [1.807, 2.05) is 24.3 Å².